The number of carbonyl (C=O) groups is 1. The number of benzene rings is 2. The largest absolute Gasteiger partial charge is 0.497 e. The minimum Gasteiger partial charge on any atom is -0.497 e. The SMILES string of the molecule is COc1ccc(OC)c(/C=C/C(=O)N(C)Cc2c(F)cccc2Cl)c1. The second-order valence-corrected chi connectivity index (χ2v) is 5.74. The van der Waals surface area contributed by atoms with Crippen LogP contribution in [0.4, 0.5) is 4.39 Å². The second-order valence-electron chi connectivity index (χ2n) is 5.34. The second kappa shape index (κ2) is 8.53. The van der Waals surface area contributed by atoms with Gasteiger partial charge in [0.05, 0.1) is 14.2 Å². The number of halogens is 2. The van der Waals surface area contributed by atoms with E-state index in [0.29, 0.717) is 17.1 Å². The average Bonchev–Trinajstić information content (AvgIpc) is 2.62. The number of carbonyl (C=O) groups excluding carboxylic acids is 1. The van der Waals surface area contributed by atoms with Gasteiger partial charge < -0.3 is 14.4 Å². The monoisotopic (exact) mass is 363 g/mol. The molecule has 0 fully saturated rings. The number of hydrogen-bond acceptors (Lipinski definition) is 3. The van der Waals surface area contributed by atoms with Crippen molar-refractivity contribution in [2.75, 3.05) is 21.3 Å². The normalized spacial score (nSPS) is 10.8. The molecule has 0 spiro atoms. The zero-order valence-electron chi connectivity index (χ0n) is 14.3. The summed E-state index contributed by atoms with van der Waals surface area (Å²) in [5.41, 5.74) is 0.986. The van der Waals surface area contributed by atoms with Crippen molar-refractivity contribution < 1.29 is 18.7 Å². The summed E-state index contributed by atoms with van der Waals surface area (Å²) in [6, 6.07) is 9.72. The molecule has 4 nitrogen and oxygen atoms in total. The van der Waals surface area contributed by atoms with Crippen molar-refractivity contribution in [3.63, 3.8) is 0 Å². The zero-order valence-corrected chi connectivity index (χ0v) is 15.0. The van der Waals surface area contributed by atoms with E-state index >= 15 is 0 Å². The molecule has 0 aliphatic heterocycles. The highest BCUT2D eigenvalue weighted by Gasteiger charge is 2.13. The first-order valence-corrected chi connectivity index (χ1v) is 7.92. The Kier molecular flexibility index (Phi) is 6.42. The number of hydrogen-bond donors (Lipinski definition) is 0. The molecule has 132 valence electrons. The molecule has 6 heteroatoms. The van der Waals surface area contributed by atoms with Crippen LogP contribution in [0, 0.1) is 5.82 Å². The Labute approximate surface area is 151 Å². The first-order chi connectivity index (χ1) is 12.0. The Balaban J connectivity index is 2.14. The van der Waals surface area contributed by atoms with E-state index < -0.39 is 5.82 Å². The number of methoxy groups -OCH3 is 2. The predicted octanol–water partition coefficient (Wildman–Crippen LogP) is 4.17. The topological polar surface area (TPSA) is 38.8 Å². The third kappa shape index (κ3) is 4.73. The van der Waals surface area contributed by atoms with Crippen LogP contribution in [0.5, 0.6) is 11.5 Å². The summed E-state index contributed by atoms with van der Waals surface area (Å²) in [6.45, 7) is 0.0733. The summed E-state index contributed by atoms with van der Waals surface area (Å²) in [4.78, 5) is 13.7. The van der Waals surface area contributed by atoms with E-state index in [1.54, 1.807) is 51.6 Å². The van der Waals surface area contributed by atoms with Gasteiger partial charge in [-0.15, -0.1) is 0 Å². The van der Waals surface area contributed by atoms with Gasteiger partial charge in [0.2, 0.25) is 5.91 Å². The highest BCUT2D eigenvalue weighted by Crippen LogP contribution is 2.25. The van der Waals surface area contributed by atoms with E-state index in [1.165, 1.54) is 23.1 Å². The first kappa shape index (κ1) is 18.8. The smallest absolute Gasteiger partial charge is 0.246 e. The Morgan fingerprint density at radius 2 is 2.00 bits per heavy atom. The molecule has 2 rings (SSSR count). The summed E-state index contributed by atoms with van der Waals surface area (Å²) in [7, 11) is 4.69. The van der Waals surface area contributed by atoms with Crippen molar-refractivity contribution in [3.05, 3.63) is 64.4 Å². The van der Waals surface area contributed by atoms with Crippen LogP contribution in [-0.4, -0.2) is 32.1 Å². The molecule has 0 aromatic heterocycles. The molecule has 0 radical (unpaired) electrons. The summed E-state index contributed by atoms with van der Waals surface area (Å²) in [5.74, 6) is 0.541. The van der Waals surface area contributed by atoms with Gasteiger partial charge in [-0.1, -0.05) is 17.7 Å². The molecule has 0 heterocycles. The third-order valence-corrected chi connectivity index (χ3v) is 4.03. The lowest BCUT2D eigenvalue weighted by Gasteiger charge is -2.16. The average molecular weight is 364 g/mol. The van der Waals surface area contributed by atoms with Crippen LogP contribution in [-0.2, 0) is 11.3 Å². The summed E-state index contributed by atoms with van der Waals surface area (Å²) < 4.78 is 24.3. The lowest BCUT2D eigenvalue weighted by molar-refractivity contribution is -0.125. The summed E-state index contributed by atoms with van der Waals surface area (Å²) in [5, 5.41) is 0.290. The number of rotatable bonds is 6. The fraction of sp³-hybridized carbons (Fsp3) is 0.211. The molecule has 0 N–H and O–H groups in total. The first-order valence-electron chi connectivity index (χ1n) is 7.54. The Morgan fingerprint density at radius 1 is 1.24 bits per heavy atom. The van der Waals surface area contributed by atoms with Gasteiger partial charge in [-0.3, -0.25) is 4.79 Å². The van der Waals surface area contributed by atoms with Gasteiger partial charge in [0.25, 0.3) is 0 Å². The fourth-order valence-electron chi connectivity index (χ4n) is 2.26. The van der Waals surface area contributed by atoms with E-state index in [2.05, 4.69) is 0 Å². The molecule has 0 saturated carbocycles. The molecular formula is C19H19ClFNO3. The van der Waals surface area contributed by atoms with E-state index in [9.17, 15) is 9.18 Å². The minimum atomic E-state index is -0.439. The van der Waals surface area contributed by atoms with Crippen molar-refractivity contribution in [2.24, 2.45) is 0 Å². The fourth-order valence-corrected chi connectivity index (χ4v) is 2.48. The number of ether oxygens (including phenoxy) is 2. The number of amides is 1. The highest BCUT2D eigenvalue weighted by atomic mass is 35.5. The van der Waals surface area contributed by atoms with Gasteiger partial charge in [-0.25, -0.2) is 4.39 Å². The summed E-state index contributed by atoms with van der Waals surface area (Å²) >= 11 is 6.00. The summed E-state index contributed by atoms with van der Waals surface area (Å²) in [6.07, 6.45) is 3.02. The van der Waals surface area contributed by atoms with Crippen molar-refractivity contribution in [1.82, 2.24) is 4.90 Å². The van der Waals surface area contributed by atoms with E-state index in [1.807, 2.05) is 0 Å². The van der Waals surface area contributed by atoms with E-state index in [4.69, 9.17) is 21.1 Å². The Bertz CT molecular complexity index is 772. The predicted molar refractivity (Wildman–Crippen MR) is 96.5 cm³/mol. The number of likely N-dealkylation sites (N-methyl/N-ethyl adjacent to an activating group) is 1. The maximum Gasteiger partial charge on any atom is 0.246 e. The Hall–Kier alpha value is -2.53. The van der Waals surface area contributed by atoms with Crippen LogP contribution < -0.4 is 9.47 Å². The van der Waals surface area contributed by atoms with E-state index in [-0.39, 0.29) is 23.0 Å². The van der Waals surface area contributed by atoms with Crippen molar-refractivity contribution >= 4 is 23.6 Å². The molecule has 0 saturated heterocycles. The van der Waals surface area contributed by atoms with Crippen LogP contribution in [0.25, 0.3) is 6.08 Å². The molecule has 2 aromatic carbocycles. The molecule has 0 aliphatic carbocycles. The lowest BCUT2D eigenvalue weighted by atomic mass is 10.1. The molecule has 0 aliphatic rings. The molecule has 0 bridgehead atoms. The Morgan fingerprint density at radius 3 is 2.64 bits per heavy atom. The van der Waals surface area contributed by atoms with Crippen molar-refractivity contribution in [3.8, 4) is 11.5 Å². The van der Waals surface area contributed by atoms with Crippen LogP contribution in [0.2, 0.25) is 5.02 Å². The van der Waals surface area contributed by atoms with Gasteiger partial charge in [0, 0.05) is 35.8 Å². The maximum absolute atomic E-state index is 13.8. The van der Waals surface area contributed by atoms with Crippen LogP contribution in [0.1, 0.15) is 11.1 Å². The van der Waals surface area contributed by atoms with Gasteiger partial charge >= 0.3 is 0 Å². The van der Waals surface area contributed by atoms with E-state index in [0.717, 1.165) is 0 Å². The van der Waals surface area contributed by atoms with Crippen molar-refractivity contribution in [1.29, 1.82) is 0 Å². The molecule has 0 unspecified atom stereocenters. The van der Waals surface area contributed by atoms with Crippen LogP contribution in [0.3, 0.4) is 0 Å². The van der Waals surface area contributed by atoms with Gasteiger partial charge in [-0.05, 0) is 36.4 Å². The lowest BCUT2D eigenvalue weighted by Crippen LogP contribution is -2.24. The molecule has 25 heavy (non-hydrogen) atoms. The van der Waals surface area contributed by atoms with Crippen molar-refractivity contribution in [2.45, 2.75) is 6.54 Å². The van der Waals surface area contributed by atoms with Gasteiger partial charge in [-0.2, -0.15) is 0 Å². The minimum absolute atomic E-state index is 0.0733. The van der Waals surface area contributed by atoms with Gasteiger partial charge in [0.15, 0.2) is 0 Å². The third-order valence-electron chi connectivity index (χ3n) is 3.68. The highest BCUT2D eigenvalue weighted by molar-refractivity contribution is 6.31. The standard InChI is InChI=1S/C19H19ClFNO3/c1-22(12-15-16(20)5-4-6-17(15)21)19(23)10-7-13-11-14(24-2)8-9-18(13)25-3/h4-11H,12H2,1-3H3/b10-7+. The molecular weight excluding hydrogens is 345 g/mol. The van der Waals surface area contributed by atoms with Crippen LogP contribution >= 0.6 is 11.6 Å². The molecule has 0 atom stereocenters. The maximum atomic E-state index is 13.8. The number of nitrogens with zero attached hydrogens (tertiary/aromatic N) is 1. The quantitative estimate of drug-likeness (QED) is 0.723. The van der Waals surface area contributed by atoms with Crippen LogP contribution in [0.15, 0.2) is 42.5 Å². The zero-order chi connectivity index (χ0) is 18.4. The molecule has 2 aromatic rings. The van der Waals surface area contributed by atoms with Gasteiger partial charge in [0.1, 0.15) is 17.3 Å². The molecule has 1 amide bonds.